The van der Waals surface area contributed by atoms with Crippen molar-refractivity contribution in [1.29, 1.82) is 0 Å². The maximum atomic E-state index is 13.7. The van der Waals surface area contributed by atoms with Crippen LogP contribution in [0.1, 0.15) is 31.4 Å². The molecule has 4 atom stereocenters. The lowest BCUT2D eigenvalue weighted by atomic mass is 10.0. The van der Waals surface area contributed by atoms with E-state index in [-0.39, 0.29) is 45.0 Å². The minimum absolute atomic E-state index is 0.00272. The molecule has 0 aliphatic heterocycles. The second-order valence-electron chi connectivity index (χ2n) is 13.6. The van der Waals surface area contributed by atoms with Crippen LogP contribution in [0.4, 0.5) is 0 Å². The fourth-order valence-electron chi connectivity index (χ4n) is 5.65. The minimum atomic E-state index is -1.53. The SMILES string of the molecule is C=CCOCC(NC(=O)[C@H](CC(C)C)NC(=O)[C@H](COCC=C)NC(=O)Cc1ccccc1)C(=O)C(=O)NCC(=O)N[C@@H](Cc1ccc2ccccc2c1)C(N)=O. The topological polar surface area (TPSA) is 224 Å². The van der Waals surface area contributed by atoms with Crippen molar-refractivity contribution in [2.75, 3.05) is 33.0 Å². The van der Waals surface area contributed by atoms with Crippen LogP contribution in [-0.4, -0.2) is 98.4 Å². The number of carbonyl (C=O) groups excluding carboxylic acids is 7. The summed E-state index contributed by atoms with van der Waals surface area (Å²) in [5.41, 5.74) is 7.03. The van der Waals surface area contributed by atoms with Crippen molar-refractivity contribution in [3.63, 3.8) is 0 Å². The van der Waals surface area contributed by atoms with Crippen molar-refractivity contribution in [2.24, 2.45) is 11.7 Å². The molecular weight excluding hydrogens is 732 g/mol. The molecule has 3 aromatic carbocycles. The Labute approximate surface area is 332 Å². The molecule has 6 amide bonds. The number of ether oxygens (including phenoxy) is 2. The van der Waals surface area contributed by atoms with Gasteiger partial charge < -0.3 is 41.8 Å². The summed E-state index contributed by atoms with van der Waals surface area (Å²) < 4.78 is 10.9. The fraction of sp³-hybridized carbons (Fsp3) is 0.357. The molecule has 0 bridgehead atoms. The van der Waals surface area contributed by atoms with Crippen molar-refractivity contribution in [3.8, 4) is 0 Å². The number of carbonyl (C=O) groups is 7. The van der Waals surface area contributed by atoms with Crippen molar-refractivity contribution in [3.05, 3.63) is 109 Å². The maximum Gasteiger partial charge on any atom is 0.290 e. The van der Waals surface area contributed by atoms with Gasteiger partial charge in [-0.05, 0) is 34.2 Å². The average molecular weight is 785 g/mol. The number of hydrogen-bond donors (Lipinski definition) is 6. The second kappa shape index (κ2) is 23.7. The molecule has 57 heavy (non-hydrogen) atoms. The highest BCUT2D eigenvalue weighted by Gasteiger charge is 2.33. The van der Waals surface area contributed by atoms with Crippen molar-refractivity contribution in [2.45, 2.75) is 57.3 Å². The number of fused-ring (bicyclic) bond motifs is 1. The van der Waals surface area contributed by atoms with Gasteiger partial charge in [-0.3, -0.25) is 33.6 Å². The normalized spacial score (nSPS) is 13.0. The van der Waals surface area contributed by atoms with Gasteiger partial charge in [0, 0.05) is 6.42 Å². The van der Waals surface area contributed by atoms with Crippen LogP contribution < -0.4 is 32.3 Å². The highest BCUT2D eigenvalue weighted by molar-refractivity contribution is 6.38. The molecule has 3 rings (SSSR count). The molecule has 15 nitrogen and oxygen atoms in total. The molecule has 3 aromatic rings. The molecule has 0 heterocycles. The van der Waals surface area contributed by atoms with Gasteiger partial charge in [0.15, 0.2) is 0 Å². The van der Waals surface area contributed by atoms with Gasteiger partial charge in [0.25, 0.3) is 5.91 Å². The second-order valence-corrected chi connectivity index (χ2v) is 13.6. The first kappa shape index (κ1) is 45.2. The Morgan fingerprint density at radius 1 is 0.667 bits per heavy atom. The van der Waals surface area contributed by atoms with Gasteiger partial charge >= 0.3 is 0 Å². The van der Waals surface area contributed by atoms with Gasteiger partial charge in [0.2, 0.25) is 35.3 Å². The largest absolute Gasteiger partial charge is 0.375 e. The van der Waals surface area contributed by atoms with E-state index < -0.39 is 78.5 Å². The molecule has 0 spiro atoms. The van der Waals surface area contributed by atoms with Crippen molar-refractivity contribution >= 4 is 52.0 Å². The molecule has 0 aliphatic rings. The zero-order valence-corrected chi connectivity index (χ0v) is 32.3. The summed E-state index contributed by atoms with van der Waals surface area (Å²) in [6.07, 6.45) is 3.09. The third-order valence-corrected chi connectivity index (χ3v) is 8.44. The van der Waals surface area contributed by atoms with Crippen LogP contribution in [0.3, 0.4) is 0 Å². The third-order valence-electron chi connectivity index (χ3n) is 8.44. The zero-order valence-electron chi connectivity index (χ0n) is 32.3. The molecule has 304 valence electrons. The van der Waals surface area contributed by atoms with Gasteiger partial charge in [0.05, 0.1) is 39.4 Å². The summed E-state index contributed by atoms with van der Waals surface area (Å²) in [4.78, 5) is 91.5. The Morgan fingerprint density at radius 3 is 1.88 bits per heavy atom. The van der Waals surface area contributed by atoms with Crippen LogP contribution in [0.5, 0.6) is 0 Å². The van der Waals surface area contributed by atoms with E-state index in [0.717, 1.165) is 21.9 Å². The maximum absolute atomic E-state index is 13.7. The van der Waals surface area contributed by atoms with Gasteiger partial charge in [0.1, 0.15) is 24.2 Å². The van der Waals surface area contributed by atoms with Crippen LogP contribution in [0.15, 0.2) is 98.1 Å². The fourth-order valence-corrected chi connectivity index (χ4v) is 5.65. The molecular formula is C42H52N6O9. The first-order valence-corrected chi connectivity index (χ1v) is 18.5. The van der Waals surface area contributed by atoms with E-state index in [1.807, 2.05) is 62.4 Å². The predicted molar refractivity (Wildman–Crippen MR) is 214 cm³/mol. The van der Waals surface area contributed by atoms with Gasteiger partial charge in [-0.15, -0.1) is 13.2 Å². The number of nitrogens with two attached hydrogens (primary N) is 1. The molecule has 0 radical (unpaired) electrons. The van der Waals surface area contributed by atoms with E-state index in [0.29, 0.717) is 0 Å². The monoisotopic (exact) mass is 784 g/mol. The number of ketones is 1. The third kappa shape index (κ3) is 15.8. The molecule has 1 unspecified atom stereocenters. The lowest BCUT2D eigenvalue weighted by molar-refractivity contribution is -0.142. The summed E-state index contributed by atoms with van der Waals surface area (Å²) in [6, 6.07) is 17.1. The van der Waals surface area contributed by atoms with Crippen LogP contribution in [-0.2, 0) is 55.9 Å². The van der Waals surface area contributed by atoms with E-state index in [1.54, 1.807) is 24.3 Å². The Hall–Kier alpha value is -6.19. The van der Waals surface area contributed by atoms with Crippen LogP contribution in [0, 0.1) is 5.92 Å². The standard InChI is InChI=1S/C42H52N6O9/c1-5-18-56-25-34(38(51)42(55)44-24-37(50)45-32(39(43)52)22-29-16-17-30-14-10-11-15-31(30)21-29)48-40(53)33(20-27(3)4)47-41(54)35(26-57-19-6-2)46-36(49)23-28-12-8-7-9-13-28/h5-17,21,27,32-35H,1-2,18-20,22-26H2,3-4H3,(H2,43,52)(H,44,55)(H,45,50)(H,46,49)(H,47,54)(H,48,53)/t32-,33-,34?,35-/m0/s1. The molecule has 15 heteroatoms. The summed E-state index contributed by atoms with van der Waals surface area (Å²) in [6.45, 7) is 9.52. The van der Waals surface area contributed by atoms with E-state index in [2.05, 4.69) is 39.7 Å². The number of benzene rings is 3. The molecule has 0 saturated carbocycles. The highest BCUT2D eigenvalue weighted by atomic mass is 16.5. The number of rotatable bonds is 25. The Morgan fingerprint density at radius 2 is 1.25 bits per heavy atom. The van der Waals surface area contributed by atoms with E-state index in [1.165, 1.54) is 12.2 Å². The van der Waals surface area contributed by atoms with Crippen LogP contribution in [0.2, 0.25) is 0 Å². The van der Waals surface area contributed by atoms with Gasteiger partial charge in [-0.2, -0.15) is 0 Å². The van der Waals surface area contributed by atoms with E-state index >= 15 is 0 Å². The van der Waals surface area contributed by atoms with E-state index in [9.17, 15) is 33.6 Å². The smallest absolute Gasteiger partial charge is 0.290 e. The highest BCUT2D eigenvalue weighted by Crippen LogP contribution is 2.17. The molecule has 0 saturated heterocycles. The molecule has 0 fully saturated rings. The Balaban J connectivity index is 1.66. The van der Waals surface area contributed by atoms with Crippen LogP contribution >= 0.6 is 0 Å². The summed E-state index contributed by atoms with van der Waals surface area (Å²) >= 11 is 0. The summed E-state index contributed by atoms with van der Waals surface area (Å²) in [7, 11) is 0. The van der Waals surface area contributed by atoms with Gasteiger partial charge in [-0.1, -0.05) is 98.8 Å². The Bertz CT molecular complexity index is 1880. The zero-order chi connectivity index (χ0) is 41.7. The quantitative estimate of drug-likeness (QED) is 0.0412. The first-order valence-electron chi connectivity index (χ1n) is 18.5. The number of primary amides is 1. The van der Waals surface area contributed by atoms with Crippen molar-refractivity contribution in [1.82, 2.24) is 26.6 Å². The molecule has 7 N–H and O–H groups in total. The first-order chi connectivity index (χ1) is 27.3. The summed E-state index contributed by atoms with van der Waals surface area (Å²) in [5, 5.41) is 14.4. The predicted octanol–water partition coefficient (Wildman–Crippen LogP) is 1.19. The number of hydrogen-bond acceptors (Lipinski definition) is 9. The number of Topliss-reactive ketones (excluding diaryl/α,β-unsaturated/α-hetero) is 1. The lowest BCUT2D eigenvalue weighted by Crippen LogP contribution is -2.59. The molecule has 0 aliphatic carbocycles. The average Bonchev–Trinajstić information content (AvgIpc) is 3.18. The number of nitrogens with one attached hydrogen (secondary N) is 5. The lowest BCUT2D eigenvalue weighted by Gasteiger charge is -2.26. The van der Waals surface area contributed by atoms with E-state index in [4.69, 9.17) is 15.2 Å². The summed E-state index contributed by atoms with van der Waals surface area (Å²) in [5.74, 6) is -6.03. The number of amides is 6. The molecule has 0 aromatic heterocycles. The van der Waals surface area contributed by atoms with Crippen LogP contribution in [0.25, 0.3) is 10.8 Å². The minimum Gasteiger partial charge on any atom is -0.375 e. The van der Waals surface area contributed by atoms with Crippen molar-refractivity contribution < 1.29 is 43.0 Å². The van der Waals surface area contributed by atoms with Gasteiger partial charge in [-0.25, -0.2) is 0 Å². The Kier molecular flexibility index (Phi) is 18.8.